The first-order valence-electron chi connectivity index (χ1n) is 8.47. The molecule has 0 radical (unpaired) electrons. The predicted octanol–water partition coefficient (Wildman–Crippen LogP) is 1.54. The van der Waals surface area contributed by atoms with Crippen molar-refractivity contribution < 1.29 is 29.2 Å². The van der Waals surface area contributed by atoms with Gasteiger partial charge in [-0.15, -0.1) is 0 Å². The third-order valence-corrected chi connectivity index (χ3v) is 3.32. The fraction of sp³-hybridized carbons (Fsp3) is 0.389. The van der Waals surface area contributed by atoms with Crippen molar-refractivity contribution in [1.82, 2.24) is 5.32 Å². The van der Waals surface area contributed by atoms with Gasteiger partial charge in [0, 0.05) is 18.2 Å². The molecule has 1 amide bonds. The van der Waals surface area contributed by atoms with Crippen molar-refractivity contribution in [3.8, 4) is 0 Å². The largest absolute Gasteiger partial charge is 0.476 e. The molecule has 1 aromatic rings. The van der Waals surface area contributed by atoms with Gasteiger partial charge >= 0.3 is 5.97 Å². The summed E-state index contributed by atoms with van der Waals surface area (Å²) in [7, 11) is 2.82. The third-order valence-electron chi connectivity index (χ3n) is 3.32. The average Bonchev–Trinajstić information content (AvgIpc) is 2.69. The number of carbonyl (C=O) groups excluding carboxylic acids is 1. The Kier molecular flexibility index (Phi) is 9.73. The van der Waals surface area contributed by atoms with Crippen LogP contribution >= 0.6 is 0 Å². The zero-order valence-corrected chi connectivity index (χ0v) is 16.3. The van der Waals surface area contributed by atoms with Gasteiger partial charge in [0.2, 0.25) is 5.71 Å². The Morgan fingerprint density at radius 3 is 2.46 bits per heavy atom. The molecule has 152 valence electrons. The number of carboxylic acid groups (broad SMARTS) is 1. The number of aliphatic carboxylic acids is 1. The van der Waals surface area contributed by atoms with Crippen LogP contribution in [0, 0.1) is 0 Å². The van der Waals surface area contributed by atoms with Crippen molar-refractivity contribution in [3.05, 3.63) is 35.4 Å². The van der Waals surface area contributed by atoms with E-state index in [0.29, 0.717) is 24.2 Å². The van der Waals surface area contributed by atoms with E-state index in [1.165, 1.54) is 21.1 Å². The molecular formula is C18H24N4O6. The fourth-order valence-electron chi connectivity index (χ4n) is 2.00. The molecule has 0 saturated carbocycles. The van der Waals surface area contributed by atoms with Crippen LogP contribution in [0.25, 0.3) is 0 Å². The van der Waals surface area contributed by atoms with Gasteiger partial charge in [0.05, 0.1) is 0 Å². The molecule has 2 N–H and O–H groups in total. The lowest BCUT2D eigenvalue weighted by Crippen LogP contribution is -2.29. The van der Waals surface area contributed by atoms with Crippen LogP contribution in [0.2, 0.25) is 0 Å². The highest BCUT2D eigenvalue weighted by molar-refractivity contribution is 6.64. The molecule has 1 rings (SSSR count). The second-order valence-corrected chi connectivity index (χ2v) is 5.39. The number of nitrogens with one attached hydrogen (secondary N) is 1. The van der Waals surface area contributed by atoms with Gasteiger partial charge in [-0.05, 0) is 13.3 Å². The van der Waals surface area contributed by atoms with E-state index in [0.717, 1.165) is 0 Å². The van der Waals surface area contributed by atoms with E-state index in [4.69, 9.17) is 14.5 Å². The summed E-state index contributed by atoms with van der Waals surface area (Å²) >= 11 is 0. The topological polar surface area (TPSA) is 131 Å². The van der Waals surface area contributed by atoms with Crippen molar-refractivity contribution in [3.63, 3.8) is 0 Å². The first-order valence-corrected chi connectivity index (χ1v) is 8.47. The molecular weight excluding hydrogens is 368 g/mol. The summed E-state index contributed by atoms with van der Waals surface area (Å²) in [5.41, 5.74) is 0.863. The van der Waals surface area contributed by atoms with E-state index in [1.54, 1.807) is 24.3 Å². The summed E-state index contributed by atoms with van der Waals surface area (Å²) in [6.07, 6.45) is 0.691. The number of carbonyl (C=O) groups is 2. The first kappa shape index (κ1) is 22.6. The monoisotopic (exact) mass is 392 g/mol. The summed E-state index contributed by atoms with van der Waals surface area (Å²) in [5.74, 6) is -1.71. The quantitative estimate of drug-likeness (QED) is 0.334. The second kappa shape index (κ2) is 12.0. The maximum Gasteiger partial charge on any atom is 0.360 e. The second-order valence-electron chi connectivity index (χ2n) is 5.39. The molecule has 0 bridgehead atoms. The number of hydrogen-bond acceptors (Lipinski definition) is 8. The van der Waals surface area contributed by atoms with E-state index >= 15 is 0 Å². The minimum atomic E-state index is -1.28. The van der Waals surface area contributed by atoms with Crippen LogP contribution in [-0.4, -0.2) is 54.9 Å². The van der Waals surface area contributed by atoms with Crippen LogP contribution in [0.1, 0.15) is 31.4 Å². The number of carboxylic acids is 1. The van der Waals surface area contributed by atoms with Gasteiger partial charge in [-0.25, -0.2) is 4.79 Å². The molecule has 0 aliphatic rings. The number of likely N-dealkylation sites (N-methyl/N-ethyl adjacent to an activating group) is 1. The Morgan fingerprint density at radius 1 is 1.14 bits per heavy atom. The number of amides is 1. The van der Waals surface area contributed by atoms with Gasteiger partial charge in [-0.3, -0.25) is 4.79 Å². The van der Waals surface area contributed by atoms with E-state index in [2.05, 4.69) is 20.8 Å². The molecule has 0 atom stereocenters. The summed E-state index contributed by atoms with van der Waals surface area (Å²) in [4.78, 5) is 38.2. The smallest absolute Gasteiger partial charge is 0.360 e. The highest BCUT2D eigenvalue weighted by Gasteiger charge is 2.18. The van der Waals surface area contributed by atoms with Crippen LogP contribution < -0.4 is 5.32 Å². The van der Waals surface area contributed by atoms with Gasteiger partial charge in [-0.1, -0.05) is 46.7 Å². The molecule has 1 aromatic carbocycles. The van der Waals surface area contributed by atoms with Gasteiger partial charge in [0.1, 0.15) is 26.0 Å². The molecule has 0 spiro atoms. The van der Waals surface area contributed by atoms with Gasteiger partial charge < -0.3 is 24.9 Å². The minimum Gasteiger partial charge on any atom is -0.476 e. The summed E-state index contributed by atoms with van der Waals surface area (Å²) < 4.78 is 0. The molecule has 10 nitrogen and oxygen atoms in total. The summed E-state index contributed by atoms with van der Waals surface area (Å²) in [6.45, 7) is 3.57. The van der Waals surface area contributed by atoms with Crippen LogP contribution in [-0.2, 0) is 30.7 Å². The Morgan fingerprint density at radius 2 is 1.86 bits per heavy atom. The number of rotatable bonds is 11. The van der Waals surface area contributed by atoms with Crippen molar-refractivity contribution in [2.24, 2.45) is 15.5 Å². The van der Waals surface area contributed by atoms with Crippen molar-refractivity contribution >= 4 is 29.0 Å². The average molecular weight is 392 g/mol. The van der Waals surface area contributed by atoms with Gasteiger partial charge in [0.15, 0.2) is 5.71 Å². The molecule has 0 saturated heterocycles. The molecule has 10 heteroatoms. The Labute approximate surface area is 162 Å². The zero-order chi connectivity index (χ0) is 20.9. The normalized spacial score (nSPS) is 12.4. The zero-order valence-electron chi connectivity index (χ0n) is 16.3. The van der Waals surface area contributed by atoms with E-state index in [-0.39, 0.29) is 23.7 Å². The van der Waals surface area contributed by atoms with Crippen molar-refractivity contribution in [2.75, 3.05) is 20.8 Å². The van der Waals surface area contributed by atoms with E-state index in [9.17, 15) is 14.7 Å². The van der Waals surface area contributed by atoms with Crippen molar-refractivity contribution in [1.29, 1.82) is 0 Å². The molecule has 0 aliphatic carbocycles. The summed E-state index contributed by atoms with van der Waals surface area (Å²) in [5, 5.41) is 22.8. The molecule has 28 heavy (non-hydrogen) atoms. The van der Waals surface area contributed by atoms with Gasteiger partial charge in [0.25, 0.3) is 5.91 Å². The van der Waals surface area contributed by atoms with E-state index in [1.807, 2.05) is 6.92 Å². The number of benzene rings is 1. The number of hydrogen-bond donors (Lipinski definition) is 2. The maximum atomic E-state index is 12.0. The van der Waals surface area contributed by atoms with E-state index < -0.39 is 11.9 Å². The van der Waals surface area contributed by atoms with Crippen molar-refractivity contribution in [2.45, 2.75) is 26.9 Å². The molecule has 0 aromatic heterocycles. The van der Waals surface area contributed by atoms with Crippen LogP contribution in [0.3, 0.4) is 0 Å². The number of nitrogens with zero attached hydrogens (tertiary/aromatic N) is 3. The Bertz CT molecular complexity index is 773. The maximum absolute atomic E-state index is 12.0. The fourth-order valence-corrected chi connectivity index (χ4v) is 2.00. The van der Waals surface area contributed by atoms with Gasteiger partial charge in [-0.2, -0.15) is 0 Å². The lowest BCUT2D eigenvalue weighted by Gasteiger charge is -2.10. The lowest BCUT2D eigenvalue weighted by molar-refractivity contribution is -0.129. The van der Waals surface area contributed by atoms with Crippen LogP contribution in [0.15, 0.2) is 39.7 Å². The molecule has 0 aliphatic heterocycles. The molecule has 0 heterocycles. The number of oxime groups is 3. The Hall–Kier alpha value is -3.43. The van der Waals surface area contributed by atoms with Crippen LogP contribution in [0.4, 0.5) is 0 Å². The Balaban J connectivity index is 3.00. The molecule has 0 fully saturated rings. The SMILES string of the molecule is CCCON=C(C(=O)O)C(C)=NOCc1ccccc1C(=NOC)C(=O)NC. The third kappa shape index (κ3) is 6.71. The highest BCUT2D eigenvalue weighted by atomic mass is 16.6. The lowest BCUT2D eigenvalue weighted by atomic mass is 10.0. The highest BCUT2D eigenvalue weighted by Crippen LogP contribution is 2.13. The summed E-state index contributed by atoms with van der Waals surface area (Å²) in [6, 6.07) is 6.91. The first-order chi connectivity index (χ1) is 13.5. The minimum absolute atomic E-state index is 0.0318. The molecule has 0 unspecified atom stereocenters. The standard InChI is InChI=1S/C18H24N4O6/c1-5-10-27-22-15(18(24)25)12(2)20-28-11-13-8-6-7-9-14(13)16(21-26-4)17(23)19-3/h6-9H,5,10-11H2,1-4H3,(H,19,23)(H,24,25). The predicted molar refractivity (Wildman–Crippen MR) is 103 cm³/mol. The van der Waals surface area contributed by atoms with Crippen LogP contribution in [0.5, 0.6) is 0 Å².